The van der Waals surface area contributed by atoms with Crippen LogP contribution < -0.4 is 5.32 Å². The summed E-state index contributed by atoms with van der Waals surface area (Å²) in [5, 5.41) is 20.6. The molecular formula is C13H18N2O4. The molecule has 1 aromatic rings. The van der Waals surface area contributed by atoms with Gasteiger partial charge in [-0.1, -0.05) is 12.1 Å². The van der Waals surface area contributed by atoms with E-state index in [2.05, 4.69) is 5.32 Å². The molecule has 0 saturated heterocycles. The lowest BCUT2D eigenvalue weighted by Crippen LogP contribution is -2.37. The number of anilines is 1. The lowest BCUT2D eigenvalue weighted by atomic mass is 10.1. The first-order valence-corrected chi connectivity index (χ1v) is 6.01. The molecule has 0 aliphatic rings. The number of amides is 2. The highest BCUT2D eigenvalue weighted by molar-refractivity contribution is 6.00. The fraction of sp³-hybridized carbons (Fsp3) is 0.385. The summed E-state index contributed by atoms with van der Waals surface area (Å²) < 4.78 is 0. The van der Waals surface area contributed by atoms with Crippen LogP contribution in [0.1, 0.15) is 22.8 Å². The fourth-order valence-corrected chi connectivity index (χ4v) is 1.72. The van der Waals surface area contributed by atoms with Gasteiger partial charge >= 0.3 is 12.0 Å². The van der Waals surface area contributed by atoms with E-state index in [1.807, 2.05) is 0 Å². The van der Waals surface area contributed by atoms with Crippen LogP contribution in [0.15, 0.2) is 18.2 Å². The van der Waals surface area contributed by atoms with Gasteiger partial charge in [-0.15, -0.1) is 0 Å². The van der Waals surface area contributed by atoms with E-state index in [0.717, 1.165) is 0 Å². The molecule has 0 heterocycles. The summed E-state index contributed by atoms with van der Waals surface area (Å²) in [7, 11) is 0. The average Bonchev–Trinajstić information content (AvgIpc) is 2.37. The number of para-hydroxylation sites is 1. The second kappa shape index (κ2) is 6.75. The molecule has 6 heteroatoms. The molecule has 0 saturated carbocycles. The maximum absolute atomic E-state index is 12.0. The number of carbonyl (C=O) groups is 2. The number of aromatic carboxylic acids is 1. The van der Waals surface area contributed by atoms with Crippen LogP contribution in [-0.4, -0.2) is 46.8 Å². The Bertz CT molecular complexity index is 474. The topological polar surface area (TPSA) is 89.9 Å². The van der Waals surface area contributed by atoms with Gasteiger partial charge in [0, 0.05) is 13.1 Å². The lowest BCUT2D eigenvalue weighted by molar-refractivity contribution is 0.0698. The van der Waals surface area contributed by atoms with Crippen LogP contribution in [0.2, 0.25) is 0 Å². The first-order valence-electron chi connectivity index (χ1n) is 6.01. The Morgan fingerprint density at radius 3 is 2.58 bits per heavy atom. The smallest absolute Gasteiger partial charge is 0.337 e. The number of carboxylic acid groups (broad SMARTS) is 1. The molecule has 104 valence electrons. The summed E-state index contributed by atoms with van der Waals surface area (Å²) in [5.74, 6) is -1.09. The van der Waals surface area contributed by atoms with E-state index in [1.165, 1.54) is 11.0 Å². The Hall–Kier alpha value is -2.08. The molecule has 0 unspecified atom stereocenters. The molecule has 1 rings (SSSR count). The Labute approximate surface area is 111 Å². The highest BCUT2D eigenvalue weighted by Crippen LogP contribution is 2.21. The number of hydrogen-bond acceptors (Lipinski definition) is 3. The number of likely N-dealkylation sites (N-methyl/N-ethyl adjacent to an activating group) is 1. The molecule has 1 aromatic carbocycles. The maximum atomic E-state index is 12.0. The zero-order chi connectivity index (χ0) is 14.4. The second-order valence-corrected chi connectivity index (χ2v) is 4.04. The third kappa shape index (κ3) is 3.69. The van der Waals surface area contributed by atoms with Gasteiger partial charge in [-0.05, 0) is 25.5 Å². The molecule has 0 spiro atoms. The van der Waals surface area contributed by atoms with E-state index in [9.17, 15) is 9.59 Å². The van der Waals surface area contributed by atoms with Crippen molar-refractivity contribution in [2.75, 3.05) is 25.0 Å². The van der Waals surface area contributed by atoms with E-state index in [4.69, 9.17) is 10.2 Å². The van der Waals surface area contributed by atoms with E-state index in [1.54, 1.807) is 26.0 Å². The number of aryl methyl sites for hydroxylation is 1. The van der Waals surface area contributed by atoms with Gasteiger partial charge in [0.05, 0.1) is 17.9 Å². The standard InChI is InChI=1S/C13H18N2O4/c1-3-15(7-8-16)13(19)14-11-9(2)5-4-6-10(11)12(17)18/h4-6,16H,3,7-8H2,1-2H3,(H,14,19)(H,17,18). The quantitative estimate of drug-likeness (QED) is 0.754. The van der Waals surface area contributed by atoms with E-state index in [-0.39, 0.29) is 24.4 Å². The highest BCUT2D eigenvalue weighted by Gasteiger charge is 2.17. The summed E-state index contributed by atoms with van der Waals surface area (Å²) in [6, 6.07) is 4.37. The number of hydrogen-bond donors (Lipinski definition) is 3. The van der Waals surface area contributed by atoms with Gasteiger partial charge in [0.1, 0.15) is 0 Å². The molecular weight excluding hydrogens is 248 g/mol. The van der Waals surface area contributed by atoms with E-state index >= 15 is 0 Å². The van der Waals surface area contributed by atoms with Gasteiger partial charge in [0.15, 0.2) is 0 Å². The van der Waals surface area contributed by atoms with Crippen molar-refractivity contribution in [2.45, 2.75) is 13.8 Å². The number of aliphatic hydroxyl groups is 1. The number of benzene rings is 1. The van der Waals surface area contributed by atoms with Crippen molar-refractivity contribution in [2.24, 2.45) is 0 Å². The van der Waals surface area contributed by atoms with Gasteiger partial charge in [-0.2, -0.15) is 0 Å². The Morgan fingerprint density at radius 1 is 1.37 bits per heavy atom. The van der Waals surface area contributed by atoms with Crippen molar-refractivity contribution < 1.29 is 19.8 Å². The summed E-state index contributed by atoms with van der Waals surface area (Å²) in [6.07, 6.45) is 0. The fourth-order valence-electron chi connectivity index (χ4n) is 1.72. The molecule has 3 N–H and O–H groups in total. The molecule has 2 amide bonds. The largest absolute Gasteiger partial charge is 0.478 e. The van der Waals surface area contributed by atoms with Crippen LogP contribution >= 0.6 is 0 Å². The van der Waals surface area contributed by atoms with Crippen LogP contribution in [0.5, 0.6) is 0 Å². The zero-order valence-corrected chi connectivity index (χ0v) is 11.0. The van der Waals surface area contributed by atoms with Crippen LogP contribution in [0.4, 0.5) is 10.5 Å². The predicted octanol–water partition coefficient (Wildman–Crippen LogP) is 1.54. The van der Waals surface area contributed by atoms with Gasteiger partial charge in [0.2, 0.25) is 0 Å². The number of nitrogens with zero attached hydrogens (tertiary/aromatic N) is 1. The van der Waals surface area contributed by atoms with Crippen molar-refractivity contribution in [1.82, 2.24) is 4.90 Å². The van der Waals surface area contributed by atoms with Gasteiger partial charge < -0.3 is 20.4 Å². The van der Waals surface area contributed by atoms with Crippen molar-refractivity contribution >= 4 is 17.7 Å². The number of aliphatic hydroxyl groups excluding tert-OH is 1. The highest BCUT2D eigenvalue weighted by atomic mass is 16.4. The molecule has 0 radical (unpaired) electrons. The minimum atomic E-state index is -1.09. The molecule has 19 heavy (non-hydrogen) atoms. The van der Waals surface area contributed by atoms with Crippen molar-refractivity contribution in [1.29, 1.82) is 0 Å². The van der Waals surface area contributed by atoms with Gasteiger partial charge in [-0.3, -0.25) is 0 Å². The maximum Gasteiger partial charge on any atom is 0.337 e. The van der Waals surface area contributed by atoms with E-state index in [0.29, 0.717) is 12.1 Å². The Balaban J connectivity index is 2.98. The normalized spacial score (nSPS) is 10.1. The van der Waals surface area contributed by atoms with E-state index < -0.39 is 12.0 Å². The van der Waals surface area contributed by atoms with Crippen molar-refractivity contribution in [3.05, 3.63) is 29.3 Å². The summed E-state index contributed by atoms with van der Waals surface area (Å²) in [4.78, 5) is 24.5. The van der Waals surface area contributed by atoms with Crippen molar-refractivity contribution in [3.63, 3.8) is 0 Å². The minimum absolute atomic E-state index is 0.0494. The monoisotopic (exact) mass is 266 g/mol. The summed E-state index contributed by atoms with van der Waals surface area (Å²) >= 11 is 0. The molecule has 0 bridgehead atoms. The third-order valence-corrected chi connectivity index (χ3v) is 2.77. The van der Waals surface area contributed by atoms with Crippen LogP contribution in [-0.2, 0) is 0 Å². The summed E-state index contributed by atoms with van der Waals surface area (Å²) in [5.41, 5.74) is 1.01. The predicted molar refractivity (Wildman–Crippen MR) is 71.5 cm³/mol. The zero-order valence-electron chi connectivity index (χ0n) is 11.0. The SMILES string of the molecule is CCN(CCO)C(=O)Nc1c(C)cccc1C(=O)O. The number of nitrogens with one attached hydrogen (secondary N) is 1. The first kappa shape index (κ1) is 15.0. The lowest BCUT2D eigenvalue weighted by Gasteiger charge is -2.21. The average molecular weight is 266 g/mol. The Morgan fingerprint density at radius 2 is 2.05 bits per heavy atom. The van der Waals surface area contributed by atoms with Crippen LogP contribution in [0, 0.1) is 6.92 Å². The van der Waals surface area contributed by atoms with Crippen LogP contribution in [0.3, 0.4) is 0 Å². The second-order valence-electron chi connectivity index (χ2n) is 4.04. The van der Waals surface area contributed by atoms with Gasteiger partial charge in [-0.25, -0.2) is 9.59 Å². The number of carbonyl (C=O) groups excluding carboxylic acids is 1. The minimum Gasteiger partial charge on any atom is -0.478 e. The van der Waals surface area contributed by atoms with Crippen LogP contribution in [0.25, 0.3) is 0 Å². The number of carboxylic acids is 1. The molecule has 0 atom stereocenters. The van der Waals surface area contributed by atoms with Crippen molar-refractivity contribution in [3.8, 4) is 0 Å². The number of rotatable bonds is 5. The van der Waals surface area contributed by atoms with Gasteiger partial charge in [0.25, 0.3) is 0 Å². The Kier molecular flexibility index (Phi) is 5.32. The third-order valence-electron chi connectivity index (χ3n) is 2.77. The molecule has 6 nitrogen and oxygen atoms in total. The molecule has 0 aliphatic carbocycles. The molecule has 0 aromatic heterocycles. The number of urea groups is 1. The molecule has 0 aliphatic heterocycles. The molecule has 0 fully saturated rings. The first-order chi connectivity index (χ1) is 9.01. The summed E-state index contributed by atoms with van der Waals surface area (Å²) in [6.45, 7) is 4.01.